The fourth-order valence-corrected chi connectivity index (χ4v) is 2.22. The number of nitrogens with zero attached hydrogens (tertiary/aromatic N) is 1. The van der Waals surface area contributed by atoms with Gasteiger partial charge in [0.05, 0.1) is 10.6 Å². The molecule has 1 aliphatic heterocycles. The molecule has 0 spiro atoms. The van der Waals surface area contributed by atoms with Gasteiger partial charge in [0, 0.05) is 17.7 Å². The van der Waals surface area contributed by atoms with Crippen LogP contribution in [-0.4, -0.2) is 0 Å². The van der Waals surface area contributed by atoms with E-state index in [9.17, 15) is 0 Å². The molecule has 0 bridgehead atoms. The van der Waals surface area contributed by atoms with Crippen LogP contribution in [0.25, 0.3) is 11.3 Å². The van der Waals surface area contributed by atoms with Crippen LogP contribution in [-0.2, 0) is 6.54 Å². The summed E-state index contributed by atoms with van der Waals surface area (Å²) in [6, 6.07) is 12.3. The van der Waals surface area contributed by atoms with Crippen LogP contribution in [0.4, 0.5) is 0 Å². The van der Waals surface area contributed by atoms with Gasteiger partial charge < -0.3 is 0 Å². The Labute approximate surface area is 87.6 Å². The molecule has 0 unspecified atom stereocenters. The van der Waals surface area contributed by atoms with E-state index in [0.717, 1.165) is 11.6 Å². The lowest BCUT2D eigenvalue weighted by Crippen LogP contribution is -2.31. The van der Waals surface area contributed by atoms with Crippen molar-refractivity contribution in [2.24, 2.45) is 0 Å². The second-order valence-corrected chi connectivity index (χ2v) is 3.89. The van der Waals surface area contributed by atoms with E-state index in [1.165, 1.54) is 16.8 Å². The first-order valence-corrected chi connectivity index (χ1v) is 5.00. The summed E-state index contributed by atoms with van der Waals surface area (Å²) in [6.45, 7) is 0.894. The highest BCUT2D eigenvalue weighted by Gasteiger charge is 2.26. The van der Waals surface area contributed by atoms with Crippen LogP contribution in [0.2, 0.25) is 5.02 Å². The van der Waals surface area contributed by atoms with Crippen LogP contribution < -0.4 is 4.57 Å². The molecule has 68 valence electrons. The van der Waals surface area contributed by atoms with Crippen molar-refractivity contribution in [2.75, 3.05) is 0 Å². The third-order valence-electron chi connectivity index (χ3n) is 2.66. The van der Waals surface area contributed by atoms with Gasteiger partial charge in [0.2, 0.25) is 5.69 Å². The molecule has 2 heteroatoms. The highest BCUT2D eigenvalue weighted by molar-refractivity contribution is 6.31. The second kappa shape index (κ2) is 2.82. The smallest absolute Gasteiger partial charge is 0.194 e. The molecule has 0 amide bonds. The molecule has 0 saturated heterocycles. The van der Waals surface area contributed by atoms with Crippen molar-refractivity contribution in [3.05, 3.63) is 53.2 Å². The zero-order valence-electron chi connectivity index (χ0n) is 7.57. The SMILES string of the molecule is Clc1cccc2c1C[n+]1ccccc1-2. The lowest BCUT2D eigenvalue weighted by atomic mass is 10.1. The van der Waals surface area contributed by atoms with Crippen LogP contribution >= 0.6 is 11.6 Å². The number of fused-ring (bicyclic) bond motifs is 3. The van der Waals surface area contributed by atoms with Crippen LogP contribution in [0.1, 0.15) is 5.56 Å². The van der Waals surface area contributed by atoms with Gasteiger partial charge in [0.15, 0.2) is 12.7 Å². The Kier molecular flexibility index (Phi) is 1.62. The highest BCUT2D eigenvalue weighted by atomic mass is 35.5. The summed E-state index contributed by atoms with van der Waals surface area (Å²) in [6.07, 6.45) is 2.09. The van der Waals surface area contributed by atoms with E-state index in [1.807, 2.05) is 18.2 Å². The van der Waals surface area contributed by atoms with Gasteiger partial charge in [-0.1, -0.05) is 17.7 Å². The minimum atomic E-state index is 0.867. The van der Waals surface area contributed by atoms with Gasteiger partial charge in [-0.25, -0.2) is 0 Å². The molecule has 0 N–H and O–H groups in total. The number of aromatic nitrogens is 1. The fraction of sp³-hybridized carbons (Fsp3) is 0.0833. The lowest BCUT2D eigenvalue weighted by molar-refractivity contribution is -0.672. The van der Waals surface area contributed by atoms with E-state index >= 15 is 0 Å². The number of hydrogen-bond donors (Lipinski definition) is 0. The summed E-state index contributed by atoms with van der Waals surface area (Å²) < 4.78 is 2.22. The zero-order valence-corrected chi connectivity index (χ0v) is 8.33. The van der Waals surface area contributed by atoms with Crippen molar-refractivity contribution in [3.8, 4) is 11.3 Å². The van der Waals surface area contributed by atoms with Crippen LogP contribution in [0, 0.1) is 0 Å². The summed E-state index contributed by atoms with van der Waals surface area (Å²) in [7, 11) is 0. The van der Waals surface area contributed by atoms with Gasteiger partial charge in [-0.15, -0.1) is 0 Å². The standard InChI is InChI=1S/C12H9ClN/c13-11-5-3-4-9-10(11)8-14-7-2-1-6-12(9)14/h1-7H,8H2/q+1. The Morgan fingerprint density at radius 1 is 1.07 bits per heavy atom. The van der Waals surface area contributed by atoms with E-state index in [4.69, 9.17) is 11.6 Å². The molecule has 14 heavy (non-hydrogen) atoms. The molecular weight excluding hydrogens is 194 g/mol. The maximum Gasteiger partial charge on any atom is 0.213 e. The highest BCUT2D eigenvalue weighted by Crippen LogP contribution is 2.30. The van der Waals surface area contributed by atoms with Crippen molar-refractivity contribution in [2.45, 2.75) is 6.54 Å². The first-order valence-electron chi connectivity index (χ1n) is 4.62. The molecule has 0 atom stereocenters. The van der Waals surface area contributed by atoms with Crippen molar-refractivity contribution in [3.63, 3.8) is 0 Å². The molecular formula is C12H9ClN+. The van der Waals surface area contributed by atoms with Gasteiger partial charge in [0.1, 0.15) is 0 Å². The number of pyridine rings is 1. The lowest BCUT2D eigenvalue weighted by Gasteiger charge is -1.94. The van der Waals surface area contributed by atoms with Gasteiger partial charge in [-0.3, -0.25) is 0 Å². The quantitative estimate of drug-likeness (QED) is 0.494. The molecule has 1 aliphatic rings. The van der Waals surface area contributed by atoms with Gasteiger partial charge in [-0.2, -0.15) is 4.57 Å². The van der Waals surface area contributed by atoms with E-state index in [2.05, 4.69) is 29.0 Å². The summed E-state index contributed by atoms with van der Waals surface area (Å²) in [5, 5.41) is 0.867. The number of rotatable bonds is 0. The van der Waals surface area contributed by atoms with Crippen molar-refractivity contribution in [1.29, 1.82) is 0 Å². The normalized spacial score (nSPS) is 12.4. The minimum Gasteiger partial charge on any atom is -0.194 e. The predicted octanol–water partition coefficient (Wildman–Crippen LogP) is 2.66. The third kappa shape index (κ3) is 0.992. The van der Waals surface area contributed by atoms with E-state index in [1.54, 1.807) is 0 Å². The number of halogens is 1. The summed E-state index contributed by atoms with van der Waals surface area (Å²) in [4.78, 5) is 0. The maximum atomic E-state index is 6.15. The molecule has 2 heterocycles. The molecule has 1 nitrogen and oxygen atoms in total. The Bertz CT molecular complexity index is 505. The summed E-state index contributed by atoms with van der Waals surface area (Å²) >= 11 is 6.15. The molecule has 0 aliphatic carbocycles. The monoisotopic (exact) mass is 202 g/mol. The van der Waals surface area contributed by atoms with Crippen LogP contribution in [0.15, 0.2) is 42.6 Å². The molecule has 0 radical (unpaired) electrons. The summed E-state index contributed by atoms with van der Waals surface area (Å²) in [5.41, 5.74) is 3.75. The third-order valence-corrected chi connectivity index (χ3v) is 3.02. The molecule has 1 aromatic carbocycles. The van der Waals surface area contributed by atoms with E-state index < -0.39 is 0 Å². The second-order valence-electron chi connectivity index (χ2n) is 3.48. The Morgan fingerprint density at radius 3 is 2.93 bits per heavy atom. The van der Waals surface area contributed by atoms with Crippen LogP contribution in [0.3, 0.4) is 0 Å². The van der Waals surface area contributed by atoms with E-state index in [-0.39, 0.29) is 0 Å². The van der Waals surface area contributed by atoms with Gasteiger partial charge in [-0.05, 0) is 18.2 Å². The predicted molar refractivity (Wildman–Crippen MR) is 56.2 cm³/mol. The molecule has 1 aromatic heterocycles. The molecule has 3 rings (SSSR count). The van der Waals surface area contributed by atoms with Crippen molar-refractivity contribution >= 4 is 11.6 Å². The first kappa shape index (κ1) is 8.01. The average Bonchev–Trinajstić information content (AvgIpc) is 2.59. The largest absolute Gasteiger partial charge is 0.213 e. The van der Waals surface area contributed by atoms with Crippen molar-refractivity contribution in [1.82, 2.24) is 0 Å². The first-order chi connectivity index (χ1) is 6.86. The fourth-order valence-electron chi connectivity index (χ4n) is 1.99. The number of hydrogen-bond acceptors (Lipinski definition) is 0. The number of benzene rings is 1. The Hall–Kier alpha value is -1.34. The van der Waals surface area contributed by atoms with Crippen molar-refractivity contribution < 1.29 is 4.57 Å². The average molecular weight is 203 g/mol. The van der Waals surface area contributed by atoms with Gasteiger partial charge >= 0.3 is 0 Å². The molecule has 2 aromatic rings. The Morgan fingerprint density at radius 2 is 2.00 bits per heavy atom. The molecule has 0 saturated carbocycles. The maximum absolute atomic E-state index is 6.15. The van der Waals surface area contributed by atoms with E-state index in [0.29, 0.717) is 0 Å². The van der Waals surface area contributed by atoms with Crippen LogP contribution in [0.5, 0.6) is 0 Å². The molecule has 0 fully saturated rings. The Balaban J connectivity index is 2.33. The summed E-state index contributed by atoms with van der Waals surface area (Å²) in [5.74, 6) is 0. The zero-order chi connectivity index (χ0) is 9.54. The van der Waals surface area contributed by atoms with Gasteiger partial charge in [0.25, 0.3) is 0 Å². The topological polar surface area (TPSA) is 3.88 Å². The minimum absolute atomic E-state index is 0.867.